The molecule has 0 aliphatic heterocycles. The van der Waals surface area contributed by atoms with Crippen molar-refractivity contribution >= 4 is 11.3 Å². The summed E-state index contributed by atoms with van der Waals surface area (Å²) in [6.07, 6.45) is 4.30. The van der Waals surface area contributed by atoms with Crippen LogP contribution in [0, 0.1) is 0 Å². The van der Waals surface area contributed by atoms with Crippen molar-refractivity contribution in [2.45, 2.75) is 26.9 Å². The molecular weight excluding hydrogens is 274 g/mol. The molecule has 2 heterocycles. The zero-order valence-electron chi connectivity index (χ0n) is 13.2. The van der Waals surface area contributed by atoms with E-state index in [1.54, 1.807) is 0 Å². The first-order valence-electron chi connectivity index (χ1n) is 7.65. The molecule has 0 aliphatic carbocycles. The van der Waals surface area contributed by atoms with Gasteiger partial charge >= 0.3 is 0 Å². The first-order valence-corrected chi connectivity index (χ1v) is 7.65. The van der Waals surface area contributed by atoms with E-state index >= 15 is 0 Å². The van der Waals surface area contributed by atoms with Crippen molar-refractivity contribution < 1.29 is 4.74 Å². The van der Waals surface area contributed by atoms with Gasteiger partial charge in [-0.25, -0.2) is 4.98 Å². The second-order valence-corrected chi connectivity index (χ2v) is 5.53. The molecule has 3 rings (SSSR count). The first kappa shape index (κ1) is 14.4. The summed E-state index contributed by atoms with van der Waals surface area (Å²) in [4.78, 5) is 4.67. The fraction of sp³-hybridized carbons (Fsp3) is 0.278. The Morgan fingerprint density at radius 2 is 1.86 bits per heavy atom. The van der Waals surface area contributed by atoms with Gasteiger partial charge in [0.2, 0.25) is 0 Å². The molecule has 1 aromatic carbocycles. The van der Waals surface area contributed by atoms with Crippen LogP contribution in [0.15, 0.2) is 48.8 Å². The van der Waals surface area contributed by atoms with Gasteiger partial charge in [0.1, 0.15) is 11.4 Å². The maximum Gasteiger partial charge on any atom is 0.137 e. The van der Waals surface area contributed by atoms with Gasteiger partial charge in [-0.2, -0.15) is 0 Å². The number of imidazole rings is 1. The average Bonchev–Trinajstić information content (AvgIpc) is 2.91. The van der Waals surface area contributed by atoms with Crippen molar-refractivity contribution in [1.82, 2.24) is 9.38 Å². The zero-order chi connectivity index (χ0) is 15.5. The van der Waals surface area contributed by atoms with Crippen LogP contribution in [-0.4, -0.2) is 22.0 Å². The van der Waals surface area contributed by atoms with Crippen molar-refractivity contribution in [1.29, 1.82) is 0 Å². The van der Waals surface area contributed by atoms with E-state index in [0.29, 0.717) is 0 Å². The Hall–Kier alpha value is -2.49. The highest BCUT2D eigenvalue weighted by atomic mass is 16.5. The molecule has 3 aromatic rings. The minimum atomic E-state index is 0.186. The molecule has 0 atom stereocenters. The van der Waals surface area contributed by atoms with Crippen LogP contribution in [0.25, 0.3) is 16.9 Å². The van der Waals surface area contributed by atoms with E-state index in [-0.39, 0.29) is 6.10 Å². The minimum absolute atomic E-state index is 0.186. The zero-order valence-corrected chi connectivity index (χ0v) is 13.2. The third kappa shape index (κ3) is 3.06. The summed E-state index contributed by atoms with van der Waals surface area (Å²) in [6, 6.07) is 12.1. The van der Waals surface area contributed by atoms with Crippen molar-refractivity contribution in [2.75, 3.05) is 11.9 Å². The van der Waals surface area contributed by atoms with Crippen LogP contribution in [0.4, 0.5) is 5.69 Å². The molecule has 0 amide bonds. The maximum absolute atomic E-state index is 5.67. The van der Waals surface area contributed by atoms with Gasteiger partial charge in [-0.05, 0) is 57.2 Å². The first-order chi connectivity index (χ1) is 10.7. The number of anilines is 1. The highest BCUT2D eigenvalue weighted by Gasteiger charge is 2.06. The molecule has 0 unspecified atom stereocenters. The van der Waals surface area contributed by atoms with Crippen molar-refractivity contribution in [3.63, 3.8) is 0 Å². The van der Waals surface area contributed by atoms with E-state index in [4.69, 9.17) is 4.74 Å². The number of benzene rings is 1. The molecule has 22 heavy (non-hydrogen) atoms. The second-order valence-electron chi connectivity index (χ2n) is 5.53. The smallest absolute Gasteiger partial charge is 0.137 e. The van der Waals surface area contributed by atoms with Gasteiger partial charge in [-0.1, -0.05) is 0 Å². The summed E-state index contributed by atoms with van der Waals surface area (Å²) in [5.74, 6) is 0.886. The number of nitrogens with zero attached hydrogens (tertiary/aromatic N) is 2. The number of aromatic nitrogens is 2. The summed E-state index contributed by atoms with van der Waals surface area (Å²) >= 11 is 0. The van der Waals surface area contributed by atoms with Crippen LogP contribution in [0.3, 0.4) is 0 Å². The van der Waals surface area contributed by atoms with E-state index in [0.717, 1.165) is 34.9 Å². The predicted octanol–water partition coefficient (Wildman–Crippen LogP) is 4.22. The summed E-state index contributed by atoms with van der Waals surface area (Å²) in [6.45, 7) is 7.05. The lowest BCUT2D eigenvalue weighted by Crippen LogP contribution is -2.05. The van der Waals surface area contributed by atoms with Gasteiger partial charge in [0.25, 0.3) is 0 Å². The molecule has 0 aliphatic rings. The quantitative estimate of drug-likeness (QED) is 0.766. The normalized spacial score (nSPS) is 11.1. The van der Waals surface area contributed by atoms with Gasteiger partial charge < -0.3 is 14.5 Å². The Balaban J connectivity index is 1.89. The van der Waals surface area contributed by atoms with Crippen LogP contribution in [0.2, 0.25) is 0 Å². The predicted molar refractivity (Wildman–Crippen MR) is 90.6 cm³/mol. The minimum Gasteiger partial charge on any atom is -0.491 e. The van der Waals surface area contributed by atoms with Crippen LogP contribution in [0.5, 0.6) is 5.75 Å². The Kier molecular flexibility index (Phi) is 4.00. The van der Waals surface area contributed by atoms with Gasteiger partial charge in [0, 0.05) is 24.5 Å². The number of fused-ring (bicyclic) bond motifs is 1. The Morgan fingerprint density at radius 1 is 1.09 bits per heavy atom. The third-order valence-corrected chi connectivity index (χ3v) is 3.35. The van der Waals surface area contributed by atoms with E-state index < -0.39 is 0 Å². The van der Waals surface area contributed by atoms with E-state index in [2.05, 4.69) is 35.7 Å². The molecular formula is C18H21N3O. The Bertz CT molecular complexity index is 760. The standard InChI is InChI=1S/C18H21N3O/c1-4-19-15-7-10-18-20-17(12-21(18)11-15)14-5-8-16(9-6-14)22-13(2)3/h5-13,19H,4H2,1-3H3. The van der Waals surface area contributed by atoms with Gasteiger partial charge in [-0.3, -0.25) is 0 Å². The second kappa shape index (κ2) is 6.10. The summed E-state index contributed by atoms with van der Waals surface area (Å²) in [5.41, 5.74) is 4.09. The molecule has 0 radical (unpaired) electrons. The number of ether oxygens (including phenoxy) is 1. The van der Waals surface area contributed by atoms with Crippen molar-refractivity contribution in [2.24, 2.45) is 0 Å². The molecule has 0 saturated carbocycles. The molecule has 114 valence electrons. The van der Waals surface area contributed by atoms with Gasteiger partial charge in [0.05, 0.1) is 17.5 Å². The largest absolute Gasteiger partial charge is 0.491 e. The molecule has 1 N–H and O–H groups in total. The van der Waals surface area contributed by atoms with Gasteiger partial charge in [-0.15, -0.1) is 0 Å². The number of pyridine rings is 1. The van der Waals surface area contributed by atoms with Crippen LogP contribution < -0.4 is 10.1 Å². The summed E-state index contributed by atoms with van der Waals surface area (Å²) < 4.78 is 7.72. The lowest BCUT2D eigenvalue weighted by Gasteiger charge is -2.09. The number of hydrogen-bond acceptors (Lipinski definition) is 3. The highest BCUT2D eigenvalue weighted by molar-refractivity contribution is 5.64. The highest BCUT2D eigenvalue weighted by Crippen LogP contribution is 2.23. The molecule has 4 heteroatoms. The Morgan fingerprint density at radius 3 is 2.55 bits per heavy atom. The van der Waals surface area contributed by atoms with Crippen LogP contribution >= 0.6 is 0 Å². The SMILES string of the molecule is CCNc1ccc2nc(-c3ccc(OC(C)C)cc3)cn2c1. The van der Waals surface area contributed by atoms with Crippen molar-refractivity contribution in [3.05, 3.63) is 48.8 Å². The molecule has 0 fully saturated rings. The monoisotopic (exact) mass is 295 g/mol. The maximum atomic E-state index is 5.67. The van der Waals surface area contributed by atoms with E-state index in [1.165, 1.54) is 0 Å². The average molecular weight is 295 g/mol. The third-order valence-electron chi connectivity index (χ3n) is 3.35. The van der Waals surface area contributed by atoms with Crippen molar-refractivity contribution in [3.8, 4) is 17.0 Å². The number of rotatable bonds is 5. The summed E-state index contributed by atoms with van der Waals surface area (Å²) in [7, 11) is 0. The van der Waals surface area contributed by atoms with E-state index in [9.17, 15) is 0 Å². The fourth-order valence-electron chi connectivity index (χ4n) is 2.42. The molecule has 0 saturated heterocycles. The lowest BCUT2D eigenvalue weighted by atomic mass is 10.1. The molecule has 2 aromatic heterocycles. The topological polar surface area (TPSA) is 38.6 Å². The fourth-order valence-corrected chi connectivity index (χ4v) is 2.42. The van der Waals surface area contributed by atoms with E-state index in [1.807, 2.05) is 48.6 Å². The van der Waals surface area contributed by atoms with Crippen LogP contribution in [0.1, 0.15) is 20.8 Å². The number of nitrogens with one attached hydrogen (secondary N) is 1. The Labute approximate surface area is 130 Å². The molecule has 0 bridgehead atoms. The molecule has 4 nitrogen and oxygen atoms in total. The number of hydrogen-bond donors (Lipinski definition) is 1. The lowest BCUT2D eigenvalue weighted by molar-refractivity contribution is 0.242. The summed E-state index contributed by atoms with van der Waals surface area (Å²) in [5, 5.41) is 3.31. The molecule has 0 spiro atoms. The van der Waals surface area contributed by atoms with Gasteiger partial charge in [0.15, 0.2) is 0 Å². The van der Waals surface area contributed by atoms with Crippen LogP contribution in [-0.2, 0) is 0 Å².